The van der Waals surface area contributed by atoms with Crippen molar-refractivity contribution >= 4 is 12.0 Å². The average Bonchev–Trinajstić information content (AvgIpc) is 3.03. The zero-order valence-corrected chi connectivity index (χ0v) is 12.0. The first kappa shape index (κ1) is 14.8. The second-order valence-electron chi connectivity index (χ2n) is 4.52. The molecule has 0 atom stereocenters. The van der Waals surface area contributed by atoms with E-state index in [0.29, 0.717) is 6.54 Å². The van der Waals surface area contributed by atoms with Crippen LogP contribution in [0.5, 0.6) is 5.75 Å². The van der Waals surface area contributed by atoms with Crippen molar-refractivity contribution in [3.8, 4) is 5.75 Å². The van der Waals surface area contributed by atoms with Crippen molar-refractivity contribution in [1.82, 2.24) is 15.1 Å². The average molecular weight is 285 g/mol. The summed E-state index contributed by atoms with van der Waals surface area (Å²) in [5.74, 6) is 0.676. The monoisotopic (exact) mass is 285 g/mol. The molecule has 1 aromatic heterocycles. The summed E-state index contributed by atoms with van der Waals surface area (Å²) < 4.78 is 6.98. The quantitative estimate of drug-likeness (QED) is 0.626. The Balaban J connectivity index is 1.72. The van der Waals surface area contributed by atoms with Gasteiger partial charge >= 0.3 is 0 Å². The summed E-state index contributed by atoms with van der Waals surface area (Å²) in [4.78, 5) is 11.7. The van der Waals surface area contributed by atoms with E-state index in [-0.39, 0.29) is 5.91 Å². The molecule has 21 heavy (non-hydrogen) atoms. The predicted octanol–water partition coefficient (Wildman–Crippen LogP) is 2.11. The smallest absolute Gasteiger partial charge is 0.244 e. The summed E-state index contributed by atoms with van der Waals surface area (Å²) in [7, 11) is 1.62. The summed E-state index contributed by atoms with van der Waals surface area (Å²) in [6.07, 6.45) is 7.80. The molecule has 2 rings (SSSR count). The Morgan fingerprint density at radius 1 is 1.43 bits per heavy atom. The molecule has 5 nitrogen and oxygen atoms in total. The maximum absolute atomic E-state index is 11.7. The number of aromatic nitrogens is 2. The van der Waals surface area contributed by atoms with E-state index < -0.39 is 0 Å². The van der Waals surface area contributed by atoms with Gasteiger partial charge in [-0.05, 0) is 36.3 Å². The molecule has 0 radical (unpaired) electrons. The minimum absolute atomic E-state index is 0.0988. The summed E-state index contributed by atoms with van der Waals surface area (Å²) >= 11 is 0. The second-order valence-corrected chi connectivity index (χ2v) is 4.52. The van der Waals surface area contributed by atoms with Gasteiger partial charge in [-0.25, -0.2) is 0 Å². The summed E-state index contributed by atoms with van der Waals surface area (Å²) in [5, 5.41) is 6.95. The number of methoxy groups -OCH3 is 1. The van der Waals surface area contributed by atoms with Crippen molar-refractivity contribution in [3.05, 3.63) is 54.4 Å². The molecule has 0 spiro atoms. The van der Waals surface area contributed by atoms with Crippen LogP contribution < -0.4 is 10.1 Å². The van der Waals surface area contributed by atoms with Gasteiger partial charge in [-0.15, -0.1) is 0 Å². The number of carbonyl (C=O) groups excluding carboxylic acids is 1. The van der Waals surface area contributed by atoms with Crippen LogP contribution in [0.25, 0.3) is 6.08 Å². The highest BCUT2D eigenvalue weighted by atomic mass is 16.5. The van der Waals surface area contributed by atoms with Gasteiger partial charge in [-0.3, -0.25) is 9.48 Å². The maximum atomic E-state index is 11.7. The molecule has 1 heterocycles. The normalized spacial score (nSPS) is 10.7. The molecule has 0 saturated heterocycles. The second kappa shape index (κ2) is 7.89. The molecule has 0 bridgehead atoms. The van der Waals surface area contributed by atoms with Gasteiger partial charge in [0.05, 0.1) is 7.11 Å². The van der Waals surface area contributed by atoms with Gasteiger partial charge in [0, 0.05) is 31.6 Å². The summed E-state index contributed by atoms with van der Waals surface area (Å²) in [5.41, 5.74) is 0.932. The Hall–Kier alpha value is -2.56. The minimum Gasteiger partial charge on any atom is -0.497 e. The number of hydrogen-bond donors (Lipinski definition) is 1. The first-order chi connectivity index (χ1) is 10.3. The van der Waals surface area contributed by atoms with Crippen LogP contribution in [0.1, 0.15) is 12.0 Å². The lowest BCUT2D eigenvalue weighted by Crippen LogP contribution is -2.23. The fraction of sp³-hybridized carbons (Fsp3) is 0.250. The van der Waals surface area contributed by atoms with Crippen LogP contribution in [0.4, 0.5) is 0 Å². The van der Waals surface area contributed by atoms with Crippen LogP contribution in [0.3, 0.4) is 0 Å². The lowest BCUT2D eigenvalue weighted by molar-refractivity contribution is -0.116. The highest BCUT2D eigenvalue weighted by Crippen LogP contribution is 2.13. The lowest BCUT2D eigenvalue weighted by atomic mass is 10.2. The number of ether oxygens (including phenoxy) is 1. The SMILES string of the molecule is COc1cccc(C=CC(=O)NCCCn2cccn2)c1. The number of benzene rings is 1. The highest BCUT2D eigenvalue weighted by Gasteiger charge is 1.97. The van der Waals surface area contributed by atoms with E-state index >= 15 is 0 Å². The number of carbonyl (C=O) groups is 1. The Morgan fingerprint density at radius 2 is 2.33 bits per heavy atom. The Bertz CT molecular complexity index is 591. The van der Waals surface area contributed by atoms with Crippen LogP contribution in [0, 0.1) is 0 Å². The van der Waals surface area contributed by atoms with Gasteiger partial charge in [0.25, 0.3) is 0 Å². The van der Waals surface area contributed by atoms with Gasteiger partial charge < -0.3 is 10.1 Å². The Kier molecular flexibility index (Phi) is 5.58. The first-order valence-electron chi connectivity index (χ1n) is 6.85. The van der Waals surface area contributed by atoms with Crippen molar-refractivity contribution in [1.29, 1.82) is 0 Å². The fourth-order valence-electron chi connectivity index (χ4n) is 1.86. The molecule has 1 N–H and O–H groups in total. The molecular formula is C16H19N3O2. The van der Waals surface area contributed by atoms with Crippen LogP contribution in [-0.2, 0) is 11.3 Å². The highest BCUT2D eigenvalue weighted by molar-refractivity contribution is 5.91. The third-order valence-corrected chi connectivity index (χ3v) is 2.94. The van der Waals surface area contributed by atoms with Crippen molar-refractivity contribution in [2.24, 2.45) is 0 Å². The number of rotatable bonds is 7. The van der Waals surface area contributed by atoms with E-state index in [4.69, 9.17) is 4.74 Å². The molecule has 2 aromatic rings. The molecule has 0 fully saturated rings. The molecule has 0 unspecified atom stereocenters. The number of nitrogens with one attached hydrogen (secondary N) is 1. The molecule has 0 aliphatic heterocycles. The van der Waals surface area contributed by atoms with Crippen LogP contribution >= 0.6 is 0 Å². The third kappa shape index (κ3) is 5.14. The van der Waals surface area contributed by atoms with Gasteiger partial charge in [-0.2, -0.15) is 5.10 Å². The van der Waals surface area contributed by atoms with E-state index in [1.54, 1.807) is 19.4 Å². The number of nitrogens with zero attached hydrogens (tertiary/aromatic N) is 2. The van der Waals surface area contributed by atoms with Crippen molar-refractivity contribution in [2.45, 2.75) is 13.0 Å². The van der Waals surface area contributed by atoms with Gasteiger partial charge in [-0.1, -0.05) is 12.1 Å². The standard InChI is InChI=1S/C16H19N3O2/c1-21-15-6-2-5-14(13-15)7-8-16(20)17-9-3-11-19-12-4-10-18-19/h2,4-8,10,12-13H,3,9,11H2,1H3,(H,17,20). The number of hydrogen-bond acceptors (Lipinski definition) is 3. The number of aryl methyl sites for hydroxylation is 1. The van der Waals surface area contributed by atoms with Crippen LogP contribution in [0.15, 0.2) is 48.8 Å². The van der Waals surface area contributed by atoms with Gasteiger partial charge in [0.15, 0.2) is 0 Å². The molecule has 0 aliphatic rings. The zero-order valence-electron chi connectivity index (χ0n) is 12.0. The predicted molar refractivity (Wildman–Crippen MR) is 81.9 cm³/mol. The van der Waals surface area contributed by atoms with Crippen molar-refractivity contribution < 1.29 is 9.53 Å². The van der Waals surface area contributed by atoms with E-state index in [1.807, 2.05) is 41.2 Å². The number of amides is 1. The molecule has 0 saturated carbocycles. The summed E-state index contributed by atoms with van der Waals surface area (Å²) in [6, 6.07) is 9.44. The van der Waals surface area contributed by atoms with Crippen LogP contribution in [0.2, 0.25) is 0 Å². The summed E-state index contributed by atoms with van der Waals surface area (Å²) in [6.45, 7) is 1.42. The molecule has 0 aliphatic carbocycles. The third-order valence-electron chi connectivity index (χ3n) is 2.94. The van der Waals surface area contributed by atoms with E-state index in [1.165, 1.54) is 6.08 Å². The van der Waals surface area contributed by atoms with E-state index in [9.17, 15) is 4.79 Å². The molecule has 1 aromatic carbocycles. The topological polar surface area (TPSA) is 56.1 Å². The van der Waals surface area contributed by atoms with Crippen molar-refractivity contribution in [3.63, 3.8) is 0 Å². The first-order valence-corrected chi connectivity index (χ1v) is 6.85. The lowest BCUT2D eigenvalue weighted by Gasteiger charge is -2.03. The van der Waals surface area contributed by atoms with Crippen molar-refractivity contribution in [2.75, 3.05) is 13.7 Å². The van der Waals surface area contributed by atoms with Gasteiger partial charge in [0.2, 0.25) is 5.91 Å². The molecular weight excluding hydrogens is 266 g/mol. The molecule has 5 heteroatoms. The van der Waals surface area contributed by atoms with E-state index in [2.05, 4.69) is 10.4 Å². The molecule has 1 amide bonds. The van der Waals surface area contributed by atoms with Crippen LogP contribution in [-0.4, -0.2) is 29.3 Å². The Morgan fingerprint density at radius 3 is 3.10 bits per heavy atom. The molecule has 110 valence electrons. The fourth-order valence-corrected chi connectivity index (χ4v) is 1.86. The minimum atomic E-state index is -0.0988. The Labute approximate surface area is 124 Å². The zero-order chi connectivity index (χ0) is 14.9. The van der Waals surface area contributed by atoms with Gasteiger partial charge in [0.1, 0.15) is 5.75 Å². The largest absolute Gasteiger partial charge is 0.497 e. The van der Waals surface area contributed by atoms with E-state index in [0.717, 1.165) is 24.3 Å². The maximum Gasteiger partial charge on any atom is 0.244 e.